The molecule has 0 bridgehead atoms. The van der Waals surface area contributed by atoms with Crippen molar-refractivity contribution in [2.45, 2.75) is 31.8 Å². The number of hydrogen-bond donors (Lipinski definition) is 1. The number of urea groups is 1. The summed E-state index contributed by atoms with van der Waals surface area (Å²) in [5, 5.41) is 3.28. The molecule has 2 heterocycles. The first-order chi connectivity index (χ1) is 13.4. The second-order valence-electron chi connectivity index (χ2n) is 6.92. The highest BCUT2D eigenvalue weighted by molar-refractivity contribution is 6.31. The van der Waals surface area contributed by atoms with E-state index in [9.17, 15) is 14.4 Å². The zero-order chi connectivity index (χ0) is 20.1. The van der Waals surface area contributed by atoms with Crippen LogP contribution in [0.3, 0.4) is 0 Å². The quantitative estimate of drug-likeness (QED) is 0.666. The molecule has 3 rings (SSSR count). The average molecular weight is 410 g/mol. The summed E-state index contributed by atoms with van der Waals surface area (Å²) < 4.78 is 11.3. The molecule has 9 heteroatoms. The Labute approximate surface area is 168 Å². The Morgan fingerprint density at radius 2 is 2.21 bits per heavy atom. The van der Waals surface area contributed by atoms with Gasteiger partial charge in [-0.15, -0.1) is 0 Å². The average Bonchev–Trinajstić information content (AvgIpc) is 3.25. The summed E-state index contributed by atoms with van der Waals surface area (Å²) in [6, 6.07) is 4.71. The van der Waals surface area contributed by atoms with Crippen molar-refractivity contribution >= 4 is 35.1 Å². The van der Waals surface area contributed by atoms with Gasteiger partial charge in [-0.25, -0.2) is 4.79 Å². The third-order valence-corrected chi connectivity index (χ3v) is 4.92. The molecule has 28 heavy (non-hydrogen) atoms. The molecular weight excluding hydrogens is 386 g/mol. The largest absolute Gasteiger partial charge is 0.489 e. The van der Waals surface area contributed by atoms with Crippen LogP contribution in [0.25, 0.3) is 0 Å². The number of rotatable bonds is 8. The Morgan fingerprint density at radius 1 is 1.39 bits per heavy atom. The zero-order valence-electron chi connectivity index (χ0n) is 15.8. The second-order valence-corrected chi connectivity index (χ2v) is 7.36. The standard InChI is InChI=1S/C19H24ClN3O5/c1-22-11-18(25)23(19(22)26)8-2-5-17(24)21-15-10-13(20)6-7-16(15)28-12-14-4-3-9-27-14/h6-7,10,14H,2-5,8-9,11-12H2,1H3,(H,21,24). The molecule has 2 aliphatic rings. The highest BCUT2D eigenvalue weighted by atomic mass is 35.5. The molecule has 2 saturated heterocycles. The molecule has 0 saturated carbocycles. The maximum atomic E-state index is 12.3. The third kappa shape index (κ3) is 5.14. The predicted octanol–water partition coefficient (Wildman–Crippen LogP) is 2.51. The van der Waals surface area contributed by atoms with E-state index in [2.05, 4.69) is 5.32 Å². The van der Waals surface area contributed by atoms with Crippen molar-refractivity contribution in [1.82, 2.24) is 9.80 Å². The van der Waals surface area contributed by atoms with Gasteiger partial charge < -0.3 is 19.7 Å². The maximum absolute atomic E-state index is 12.3. The fraction of sp³-hybridized carbons (Fsp3) is 0.526. The topological polar surface area (TPSA) is 88.2 Å². The van der Waals surface area contributed by atoms with Gasteiger partial charge in [0.15, 0.2) is 0 Å². The molecule has 4 amide bonds. The number of benzene rings is 1. The van der Waals surface area contributed by atoms with Crippen LogP contribution in [-0.2, 0) is 14.3 Å². The summed E-state index contributed by atoms with van der Waals surface area (Å²) in [6.45, 7) is 1.46. The molecule has 152 valence electrons. The number of halogens is 1. The first-order valence-electron chi connectivity index (χ1n) is 9.33. The van der Waals surface area contributed by atoms with Gasteiger partial charge >= 0.3 is 6.03 Å². The first-order valence-corrected chi connectivity index (χ1v) is 9.71. The van der Waals surface area contributed by atoms with Crippen molar-refractivity contribution in [1.29, 1.82) is 0 Å². The SMILES string of the molecule is CN1CC(=O)N(CCCC(=O)Nc2cc(Cl)ccc2OCC2CCCO2)C1=O. The van der Waals surface area contributed by atoms with Gasteiger partial charge in [-0.1, -0.05) is 11.6 Å². The third-order valence-electron chi connectivity index (χ3n) is 4.68. The highest BCUT2D eigenvalue weighted by Crippen LogP contribution is 2.29. The van der Waals surface area contributed by atoms with E-state index >= 15 is 0 Å². The lowest BCUT2D eigenvalue weighted by Gasteiger charge is -2.16. The number of anilines is 1. The van der Waals surface area contributed by atoms with Crippen molar-refractivity contribution in [3.63, 3.8) is 0 Å². The van der Waals surface area contributed by atoms with Crippen LogP contribution in [0, 0.1) is 0 Å². The minimum absolute atomic E-state index is 0.0629. The number of carbonyl (C=O) groups excluding carboxylic acids is 3. The zero-order valence-corrected chi connectivity index (χ0v) is 16.5. The molecule has 1 aromatic carbocycles. The number of ether oxygens (including phenoxy) is 2. The second kappa shape index (κ2) is 9.25. The number of amides is 4. The van der Waals surface area contributed by atoms with E-state index in [1.54, 1.807) is 25.2 Å². The maximum Gasteiger partial charge on any atom is 0.326 e. The number of nitrogens with one attached hydrogen (secondary N) is 1. The van der Waals surface area contributed by atoms with Crippen LogP contribution < -0.4 is 10.1 Å². The fourth-order valence-electron chi connectivity index (χ4n) is 3.18. The van der Waals surface area contributed by atoms with Crippen LogP contribution in [0.5, 0.6) is 5.75 Å². The molecule has 0 aromatic heterocycles. The molecule has 2 fully saturated rings. The first kappa shape index (κ1) is 20.4. The van der Waals surface area contributed by atoms with E-state index in [1.165, 1.54) is 9.80 Å². The Kier molecular flexibility index (Phi) is 6.74. The van der Waals surface area contributed by atoms with E-state index in [0.29, 0.717) is 29.5 Å². The van der Waals surface area contributed by atoms with Gasteiger partial charge in [0.25, 0.3) is 0 Å². The normalized spacial score (nSPS) is 19.4. The molecule has 1 unspecified atom stereocenters. The van der Waals surface area contributed by atoms with Gasteiger partial charge in [-0.05, 0) is 37.5 Å². The summed E-state index contributed by atoms with van der Waals surface area (Å²) in [4.78, 5) is 38.4. The molecule has 2 aliphatic heterocycles. The Hall–Kier alpha value is -2.32. The van der Waals surface area contributed by atoms with Crippen molar-refractivity contribution < 1.29 is 23.9 Å². The molecule has 1 atom stereocenters. The van der Waals surface area contributed by atoms with E-state index < -0.39 is 0 Å². The number of carbonyl (C=O) groups is 3. The molecule has 0 spiro atoms. The predicted molar refractivity (Wildman–Crippen MR) is 104 cm³/mol. The summed E-state index contributed by atoms with van der Waals surface area (Å²) in [5.74, 6) is 0.0454. The molecular formula is C19H24ClN3O5. The fourth-order valence-corrected chi connectivity index (χ4v) is 3.36. The summed E-state index contributed by atoms with van der Waals surface area (Å²) >= 11 is 6.05. The van der Waals surface area contributed by atoms with E-state index in [0.717, 1.165) is 19.4 Å². The summed E-state index contributed by atoms with van der Waals surface area (Å²) in [5.41, 5.74) is 0.489. The number of likely N-dealkylation sites (N-methyl/N-ethyl adjacent to an activating group) is 1. The lowest BCUT2D eigenvalue weighted by molar-refractivity contribution is -0.125. The van der Waals surface area contributed by atoms with Gasteiger partial charge in [-0.2, -0.15) is 0 Å². The lowest BCUT2D eigenvalue weighted by Crippen LogP contribution is -2.32. The van der Waals surface area contributed by atoms with Gasteiger partial charge in [0, 0.05) is 31.6 Å². The van der Waals surface area contributed by atoms with Gasteiger partial charge in [-0.3, -0.25) is 14.5 Å². The van der Waals surface area contributed by atoms with Crippen molar-refractivity contribution in [2.75, 3.05) is 38.7 Å². The van der Waals surface area contributed by atoms with Gasteiger partial charge in [0.1, 0.15) is 18.9 Å². The number of hydrogen-bond acceptors (Lipinski definition) is 5. The minimum Gasteiger partial charge on any atom is -0.489 e. The van der Waals surface area contributed by atoms with Crippen LogP contribution in [-0.4, -0.2) is 67.1 Å². The van der Waals surface area contributed by atoms with Crippen molar-refractivity contribution in [2.24, 2.45) is 0 Å². The van der Waals surface area contributed by atoms with Gasteiger partial charge in [0.2, 0.25) is 11.8 Å². The van der Waals surface area contributed by atoms with Crippen LogP contribution in [0.15, 0.2) is 18.2 Å². The lowest BCUT2D eigenvalue weighted by atomic mass is 10.2. The van der Waals surface area contributed by atoms with Crippen LogP contribution in [0.1, 0.15) is 25.7 Å². The van der Waals surface area contributed by atoms with Crippen LogP contribution in [0.2, 0.25) is 5.02 Å². The molecule has 0 aliphatic carbocycles. The monoisotopic (exact) mass is 409 g/mol. The van der Waals surface area contributed by atoms with E-state index in [-0.39, 0.29) is 43.5 Å². The molecule has 1 aromatic rings. The Balaban J connectivity index is 1.50. The van der Waals surface area contributed by atoms with Crippen LogP contribution >= 0.6 is 11.6 Å². The Morgan fingerprint density at radius 3 is 2.89 bits per heavy atom. The minimum atomic E-state index is -0.329. The molecule has 1 N–H and O–H groups in total. The summed E-state index contributed by atoms with van der Waals surface area (Å²) in [7, 11) is 1.57. The van der Waals surface area contributed by atoms with Gasteiger partial charge in [0.05, 0.1) is 11.8 Å². The molecule has 0 radical (unpaired) electrons. The number of imide groups is 1. The number of nitrogens with zero attached hydrogens (tertiary/aromatic N) is 2. The van der Waals surface area contributed by atoms with Crippen LogP contribution in [0.4, 0.5) is 10.5 Å². The van der Waals surface area contributed by atoms with Crippen molar-refractivity contribution in [3.05, 3.63) is 23.2 Å². The Bertz CT molecular complexity index is 751. The highest BCUT2D eigenvalue weighted by Gasteiger charge is 2.32. The van der Waals surface area contributed by atoms with Crippen molar-refractivity contribution in [3.8, 4) is 5.75 Å². The van der Waals surface area contributed by atoms with E-state index in [1.807, 2.05) is 0 Å². The summed E-state index contributed by atoms with van der Waals surface area (Å²) in [6.07, 6.45) is 2.59. The molecule has 8 nitrogen and oxygen atoms in total. The smallest absolute Gasteiger partial charge is 0.326 e. The van der Waals surface area contributed by atoms with E-state index in [4.69, 9.17) is 21.1 Å².